The van der Waals surface area contributed by atoms with E-state index in [2.05, 4.69) is 143 Å². The lowest BCUT2D eigenvalue weighted by Gasteiger charge is -2.13. The maximum absolute atomic E-state index is 5.74. The van der Waals surface area contributed by atoms with Gasteiger partial charge in [-0.25, -0.2) is 29.9 Å². The number of anilines is 6. The van der Waals surface area contributed by atoms with E-state index in [-0.39, 0.29) is 10.6 Å². The highest BCUT2D eigenvalue weighted by molar-refractivity contribution is 6.31. The molecule has 0 aliphatic rings. The van der Waals surface area contributed by atoms with Crippen molar-refractivity contribution >= 4 is 102 Å². The van der Waals surface area contributed by atoms with Crippen LogP contribution in [0.5, 0.6) is 0 Å². The minimum Gasteiger partial charge on any atom is -0.399 e. The molecular formula is C58H63Cl3N14. The molecule has 386 valence electrons. The lowest BCUT2D eigenvalue weighted by molar-refractivity contribution is 0.321. The SMILES string of the molecule is CCN(CC)CC.Cc1cc2cc(N)ccc2[nH]1.Cc1cc2cc(Nc3ccnc(Cc4ccccc4)n3)ccc2[nH]1.Cc1cc2cc(Nc3ccnc(Cl)n3)ccc2[nH]1.Clc1ccnc(Cl)n1.Nc1ccccc1. The van der Waals surface area contributed by atoms with Crippen molar-refractivity contribution in [2.24, 2.45) is 0 Å². The van der Waals surface area contributed by atoms with E-state index in [1.54, 1.807) is 24.5 Å². The molecule has 6 aromatic heterocycles. The van der Waals surface area contributed by atoms with Crippen LogP contribution >= 0.6 is 34.8 Å². The summed E-state index contributed by atoms with van der Waals surface area (Å²) in [5.41, 5.74) is 22.7. The Kier molecular flexibility index (Phi) is 21.8. The quantitative estimate of drug-likeness (QED) is 0.0412. The first-order chi connectivity index (χ1) is 36.2. The van der Waals surface area contributed by atoms with Crippen LogP contribution < -0.4 is 22.1 Å². The first kappa shape index (κ1) is 56.3. The van der Waals surface area contributed by atoms with Gasteiger partial charge in [0.25, 0.3) is 0 Å². The molecule has 0 unspecified atom stereocenters. The molecular weight excluding hydrogens is 999 g/mol. The van der Waals surface area contributed by atoms with Crippen molar-refractivity contribution in [2.75, 3.05) is 41.7 Å². The number of benzene rings is 5. The van der Waals surface area contributed by atoms with Crippen LogP contribution in [0.25, 0.3) is 32.7 Å². The maximum atomic E-state index is 5.74. The molecule has 0 spiro atoms. The number of aromatic amines is 3. The number of nitrogen functional groups attached to an aromatic ring is 2. The van der Waals surface area contributed by atoms with Crippen molar-refractivity contribution < 1.29 is 0 Å². The fraction of sp³-hybridized carbons (Fsp3) is 0.172. The Morgan fingerprint density at radius 1 is 0.467 bits per heavy atom. The van der Waals surface area contributed by atoms with E-state index >= 15 is 0 Å². The summed E-state index contributed by atoms with van der Waals surface area (Å²) >= 11 is 16.5. The van der Waals surface area contributed by atoms with Gasteiger partial charge < -0.3 is 42.0 Å². The molecule has 0 bridgehead atoms. The number of nitrogens with zero attached hydrogens (tertiary/aromatic N) is 7. The third-order valence-electron chi connectivity index (χ3n) is 11.1. The molecule has 0 saturated carbocycles. The van der Waals surface area contributed by atoms with E-state index in [9.17, 15) is 0 Å². The van der Waals surface area contributed by atoms with Gasteiger partial charge in [0.15, 0.2) is 0 Å². The monoisotopic (exact) mass is 1060 g/mol. The molecule has 11 aromatic rings. The molecule has 0 aliphatic heterocycles. The number of aryl methyl sites for hydroxylation is 3. The second kappa shape index (κ2) is 29.0. The van der Waals surface area contributed by atoms with Gasteiger partial charge in [0, 0.05) is 97.6 Å². The van der Waals surface area contributed by atoms with Crippen LogP contribution in [0.2, 0.25) is 15.7 Å². The van der Waals surface area contributed by atoms with Crippen LogP contribution in [0.4, 0.5) is 34.4 Å². The molecule has 5 aromatic carbocycles. The predicted octanol–water partition coefficient (Wildman–Crippen LogP) is 14.7. The Morgan fingerprint density at radius 2 is 0.920 bits per heavy atom. The van der Waals surface area contributed by atoms with Crippen molar-refractivity contribution in [3.05, 3.63) is 214 Å². The number of fused-ring (bicyclic) bond motifs is 3. The number of rotatable bonds is 9. The Morgan fingerprint density at radius 3 is 1.36 bits per heavy atom. The largest absolute Gasteiger partial charge is 0.399 e. The number of nitrogens with one attached hydrogen (secondary N) is 5. The maximum Gasteiger partial charge on any atom is 0.224 e. The molecule has 11 rings (SSSR count). The van der Waals surface area contributed by atoms with Crippen LogP contribution in [-0.4, -0.2) is 69.4 Å². The summed E-state index contributed by atoms with van der Waals surface area (Å²) in [5.74, 6) is 2.30. The first-order valence-corrected chi connectivity index (χ1v) is 25.5. The number of aromatic nitrogens is 9. The zero-order chi connectivity index (χ0) is 53.5. The van der Waals surface area contributed by atoms with Gasteiger partial charge in [-0.05, 0) is 172 Å². The van der Waals surface area contributed by atoms with E-state index in [1.807, 2.05) is 98.8 Å². The first-order valence-electron chi connectivity index (χ1n) is 24.3. The summed E-state index contributed by atoms with van der Waals surface area (Å²) in [6.07, 6.45) is 5.65. The molecule has 0 amide bonds. The highest BCUT2D eigenvalue weighted by Crippen LogP contribution is 2.24. The Labute approximate surface area is 453 Å². The molecule has 6 heterocycles. The van der Waals surface area contributed by atoms with Gasteiger partial charge in [-0.3, -0.25) is 0 Å². The molecule has 14 nitrogen and oxygen atoms in total. The second-order valence-corrected chi connectivity index (χ2v) is 18.0. The Bertz CT molecular complexity index is 3430. The van der Waals surface area contributed by atoms with E-state index < -0.39 is 0 Å². The lowest BCUT2D eigenvalue weighted by Crippen LogP contribution is -2.21. The highest BCUT2D eigenvalue weighted by atomic mass is 35.5. The molecule has 75 heavy (non-hydrogen) atoms. The predicted molar refractivity (Wildman–Crippen MR) is 315 cm³/mol. The van der Waals surface area contributed by atoms with Gasteiger partial charge in [-0.15, -0.1) is 0 Å². The standard InChI is InChI=1S/C20H18N4.C13H11ClN4.C9H10N2.C6H7N.C6H15N.C4H2Cl2N2/c1-14-11-16-13-17(7-8-18(16)22-14)23-19-9-10-21-20(24-19)12-15-5-3-2-4-6-15;1-8-6-9-7-10(2-3-11(9)16-8)17-12-4-5-15-13(14)18-12;1-6-4-7-5-8(10)2-3-9(7)11-6;7-6-4-2-1-3-5-6;1-4-7(5-2)6-3;5-3-1-2-7-4(6)8-3/h2-11,13,22H,12H2,1H3,(H,21,23,24);2-7,16H,1H3,(H,15,17,18);2-5,11H,10H2,1H3;1-5H,7H2;4-6H2,1-3H3;1-2H. The summed E-state index contributed by atoms with van der Waals surface area (Å²) in [6.45, 7) is 16.3. The van der Waals surface area contributed by atoms with Crippen LogP contribution in [0, 0.1) is 20.8 Å². The zero-order valence-corrected chi connectivity index (χ0v) is 45.2. The third kappa shape index (κ3) is 19.1. The lowest BCUT2D eigenvalue weighted by atomic mass is 10.1. The van der Waals surface area contributed by atoms with E-state index in [0.29, 0.717) is 11.0 Å². The van der Waals surface area contributed by atoms with Crippen LogP contribution in [0.1, 0.15) is 49.2 Å². The minimum atomic E-state index is 0.178. The molecule has 0 aliphatic carbocycles. The molecule has 0 saturated heterocycles. The smallest absolute Gasteiger partial charge is 0.224 e. The van der Waals surface area contributed by atoms with Crippen molar-refractivity contribution in [1.29, 1.82) is 0 Å². The number of para-hydroxylation sites is 1. The van der Waals surface area contributed by atoms with Crippen LogP contribution in [0.15, 0.2) is 170 Å². The average Bonchev–Trinajstić information content (AvgIpc) is 4.09. The summed E-state index contributed by atoms with van der Waals surface area (Å²) in [5, 5.41) is 10.9. The summed E-state index contributed by atoms with van der Waals surface area (Å²) in [6, 6.07) is 49.5. The van der Waals surface area contributed by atoms with Crippen LogP contribution in [0.3, 0.4) is 0 Å². The van der Waals surface area contributed by atoms with E-state index in [1.165, 1.54) is 47.9 Å². The Hall–Kier alpha value is -8.01. The van der Waals surface area contributed by atoms with Crippen LogP contribution in [-0.2, 0) is 6.42 Å². The van der Waals surface area contributed by atoms with Gasteiger partial charge >= 0.3 is 0 Å². The number of H-pyrrole nitrogens is 3. The fourth-order valence-electron chi connectivity index (χ4n) is 7.48. The molecule has 0 atom stereocenters. The molecule has 17 heteroatoms. The van der Waals surface area contributed by atoms with Crippen molar-refractivity contribution in [1.82, 2.24) is 49.8 Å². The number of halogens is 3. The average molecular weight is 1060 g/mol. The summed E-state index contributed by atoms with van der Waals surface area (Å²) < 4.78 is 0. The zero-order valence-electron chi connectivity index (χ0n) is 42.9. The van der Waals surface area contributed by atoms with Crippen molar-refractivity contribution in [3.8, 4) is 0 Å². The number of hydrogen-bond donors (Lipinski definition) is 7. The molecule has 0 radical (unpaired) electrons. The van der Waals surface area contributed by atoms with Crippen molar-refractivity contribution in [3.63, 3.8) is 0 Å². The third-order valence-corrected chi connectivity index (χ3v) is 11.7. The van der Waals surface area contributed by atoms with Gasteiger partial charge in [0.2, 0.25) is 10.6 Å². The van der Waals surface area contributed by atoms with Gasteiger partial charge in [0.1, 0.15) is 22.6 Å². The van der Waals surface area contributed by atoms with Gasteiger partial charge in [-0.1, -0.05) is 80.9 Å². The van der Waals surface area contributed by atoms with E-state index in [0.717, 1.165) is 74.1 Å². The minimum absolute atomic E-state index is 0.178. The number of nitrogens with two attached hydrogens (primary N) is 2. The second-order valence-electron chi connectivity index (χ2n) is 17.0. The van der Waals surface area contributed by atoms with Gasteiger partial charge in [0.05, 0.1) is 0 Å². The van der Waals surface area contributed by atoms with Gasteiger partial charge in [-0.2, -0.15) is 0 Å². The normalized spacial score (nSPS) is 10.4. The molecule has 9 N–H and O–H groups in total. The Balaban J connectivity index is 0.000000158. The van der Waals surface area contributed by atoms with Crippen molar-refractivity contribution in [2.45, 2.75) is 48.0 Å². The summed E-state index contributed by atoms with van der Waals surface area (Å²) in [4.78, 5) is 36.4. The van der Waals surface area contributed by atoms with E-state index in [4.69, 9.17) is 46.3 Å². The summed E-state index contributed by atoms with van der Waals surface area (Å²) in [7, 11) is 0. The number of hydrogen-bond acceptors (Lipinski definition) is 11. The molecule has 0 fully saturated rings. The topological polar surface area (TPSA) is 204 Å². The highest BCUT2D eigenvalue weighted by Gasteiger charge is 2.05. The fourth-order valence-corrected chi connectivity index (χ4v) is 7.95.